The van der Waals surface area contributed by atoms with Gasteiger partial charge >= 0.3 is 0 Å². The molecule has 2 heterocycles. The average Bonchev–Trinajstić information content (AvgIpc) is 2.91. The van der Waals surface area contributed by atoms with E-state index in [-0.39, 0.29) is 0 Å². The molecule has 2 fully saturated rings. The molecule has 0 aromatic carbocycles. The molecule has 2 aliphatic heterocycles. The maximum Gasteiger partial charge on any atom is 0.191 e. The van der Waals surface area contributed by atoms with Crippen molar-refractivity contribution in [2.45, 2.75) is 44.4 Å². The number of ether oxygens (including phenoxy) is 1. The third kappa shape index (κ3) is 3.52. The minimum absolute atomic E-state index is 0.407. The second kappa shape index (κ2) is 6.50. The van der Waals surface area contributed by atoms with E-state index in [1.807, 2.05) is 11.8 Å². The van der Waals surface area contributed by atoms with Crippen LogP contribution < -0.4 is 10.6 Å². The molecule has 98 valence electrons. The summed E-state index contributed by atoms with van der Waals surface area (Å²) in [4.78, 5) is 4.57. The number of nitrogens with zero attached hydrogens (tertiary/aromatic N) is 1. The molecule has 5 heteroatoms. The Balaban J connectivity index is 1.82. The van der Waals surface area contributed by atoms with E-state index in [2.05, 4.69) is 28.8 Å². The fourth-order valence-corrected chi connectivity index (χ4v) is 2.81. The van der Waals surface area contributed by atoms with Crippen LogP contribution in [0.3, 0.4) is 0 Å². The summed E-state index contributed by atoms with van der Waals surface area (Å²) in [5.74, 6) is 2.02. The van der Waals surface area contributed by atoms with Gasteiger partial charge in [0.15, 0.2) is 5.96 Å². The highest BCUT2D eigenvalue weighted by Crippen LogP contribution is 2.34. The van der Waals surface area contributed by atoms with Crippen molar-refractivity contribution < 1.29 is 4.74 Å². The van der Waals surface area contributed by atoms with Crippen molar-refractivity contribution in [1.29, 1.82) is 0 Å². The minimum Gasteiger partial charge on any atom is -0.373 e. The van der Waals surface area contributed by atoms with Crippen LogP contribution in [-0.2, 0) is 4.74 Å². The van der Waals surface area contributed by atoms with E-state index >= 15 is 0 Å². The summed E-state index contributed by atoms with van der Waals surface area (Å²) in [6, 6.07) is 0.459. The Morgan fingerprint density at radius 3 is 2.94 bits per heavy atom. The summed E-state index contributed by atoms with van der Waals surface area (Å²) in [7, 11) is 0. The number of thioether (sulfide) groups is 1. The van der Waals surface area contributed by atoms with E-state index in [0.29, 0.717) is 18.2 Å². The quantitative estimate of drug-likeness (QED) is 0.442. The van der Waals surface area contributed by atoms with Gasteiger partial charge in [-0.2, -0.15) is 11.8 Å². The molecule has 2 N–H and O–H groups in total. The maximum absolute atomic E-state index is 5.84. The van der Waals surface area contributed by atoms with E-state index in [1.54, 1.807) is 0 Å². The van der Waals surface area contributed by atoms with E-state index in [1.165, 1.54) is 12.8 Å². The summed E-state index contributed by atoms with van der Waals surface area (Å²) in [6.07, 6.45) is 6.59. The minimum atomic E-state index is 0.407. The highest BCUT2D eigenvalue weighted by atomic mass is 32.2. The molecule has 17 heavy (non-hydrogen) atoms. The second-order valence-electron chi connectivity index (χ2n) is 4.61. The lowest BCUT2D eigenvalue weighted by Crippen LogP contribution is -2.47. The van der Waals surface area contributed by atoms with Crippen molar-refractivity contribution in [1.82, 2.24) is 10.6 Å². The van der Waals surface area contributed by atoms with Crippen LogP contribution in [0.1, 0.15) is 26.2 Å². The third-order valence-corrected chi connectivity index (χ3v) is 3.93. The Hall–Kier alpha value is -0.420. The van der Waals surface area contributed by atoms with Gasteiger partial charge in [-0.3, -0.25) is 4.99 Å². The van der Waals surface area contributed by atoms with Gasteiger partial charge in [0.05, 0.1) is 24.8 Å². The van der Waals surface area contributed by atoms with Crippen LogP contribution in [0.25, 0.3) is 0 Å². The number of guanidine groups is 1. The Labute approximate surface area is 108 Å². The Morgan fingerprint density at radius 2 is 2.35 bits per heavy atom. The van der Waals surface area contributed by atoms with E-state index < -0.39 is 0 Å². The maximum atomic E-state index is 5.84. The van der Waals surface area contributed by atoms with Crippen LogP contribution in [0.2, 0.25) is 0 Å². The Morgan fingerprint density at radius 1 is 1.47 bits per heavy atom. The molecule has 2 saturated heterocycles. The number of fused-ring (bicyclic) bond motifs is 2. The van der Waals surface area contributed by atoms with Crippen LogP contribution in [-0.4, -0.2) is 49.3 Å². The lowest BCUT2D eigenvalue weighted by Gasteiger charge is -2.22. The first-order valence-corrected chi connectivity index (χ1v) is 7.92. The van der Waals surface area contributed by atoms with Crippen molar-refractivity contribution in [3.63, 3.8) is 0 Å². The highest BCUT2D eigenvalue weighted by Gasteiger charge is 2.41. The van der Waals surface area contributed by atoms with Crippen LogP contribution in [0.5, 0.6) is 0 Å². The fraction of sp³-hybridized carbons (Fsp3) is 0.917. The molecule has 0 radical (unpaired) electrons. The molecular formula is C12H23N3OS. The van der Waals surface area contributed by atoms with Gasteiger partial charge < -0.3 is 15.4 Å². The first-order chi connectivity index (χ1) is 8.33. The molecular weight excluding hydrogens is 234 g/mol. The van der Waals surface area contributed by atoms with Gasteiger partial charge in [-0.1, -0.05) is 0 Å². The van der Waals surface area contributed by atoms with Crippen molar-refractivity contribution in [2.75, 3.05) is 25.1 Å². The van der Waals surface area contributed by atoms with Gasteiger partial charge in [-0.25, -0.2) is 0 Å². The monoisotopic (exact) mass is 257 g/mol. The molecule has 3 unspecified atom stereocenters. The smallest absolute Gasteiger partial charge is 0.191 e. The molecule has 2 aliphatic rings. The van der Waals surface area contributed by atoms with E-state index in [4.69, 9.17) is 4.74 Å². The van der Waals surface area contributed by atoms with Crippen LogP contribution in [0.15, 0.2) is 4.99 Å². The van der Waals surface area contributed by atoms with E-state index in [0.717, 1.165) is 31.2 Å². The molecule has 2 rings (SSSR count). The van der Waals surface area contributed by atoms with Gasteiger partial charge in [0.1, 0.15) is 0 Å². The van der Waals surface area contributed by atoms with Crippen molar-refractivity contribution in [3.05, 3.63) is 0 Å². The molecule has 0 aromatic heterocycles. The fourth-order valence-electron chi connectivity index (χ4n) is 2.53. The van der Waals surface area contributed by atoms with Gasteiger partial charge in [0, 0.05) is 12.3 Å². The predicted molar refractivity (Wildman–Crippen MR) is 73.8 cm³/mol. The zero-order chi connectivity index (χ0) is 12.1. The lowest BCUT2D eigenvalue weighted by molar-refractivity contribution is 0.0992. The molecule has 0 amide bonds. The largest absolute Gasteiger partial charge is 0.373 e. The normalized spacial score (nSPS) is 31.9. The number of rotatable bonds is 5. The SMILES string of the molecule is CCNC(=NCCSC)NC1CC2CCC1O2. The Kier molecular flexibility index (Phi) is 4.98. The van der Waals surface area contributed by atoms with Gasteiger partial charge in [-0.15, -0.1) is 0 Å². The van der Waals surface area contributed by atoms with Crippen LogP contribution in [0, 0.1) is 0 Å². The average molecular weight is 257 g/mol. The summed E-state index contributed by atoms with van der Waals surface area (Å²) in [6.45, 7) is 3.88. The molecule has 3 atom stereocenters. The van der Waals surface area contributed by atoms with Gasteiger partial charge in [0.2, 0.25) is 0 Å². The highest BCUT2D eigenvalue weighted by molar-refractivity contribution is 7.98. The molecule has 0 saturated carbocycles. The molecule has 0 aromatic rings. The summed E-state index contributed by atoms with van der Waals surface area (Å²) in [5.41, 5.74) is 0. The zero-order valence-corrected chi connectivity index (χ0v) is 11.6. The standard InChI is InChI=1S/C12H23N3OS/c1-3-13-12(14-6-7-17-2)15-10-8-9-4-5-11(10)16-9/h9-11H,3-8H2,1-2H3,(H2,13,14,15). The molecule has 2 bridgehead atoms. The number of aliphatic imine (C=N–C) groups is 1. The number of hydrogen-bond acceptors (Lipinski definition) is 3. The van der Waals surface area contributed by atoms with Crippen molar-refractivity contribution in [3.8, 4) is 0 Å². The number of nitrogens with one attached hydrogen (secondary N) is 2. The van der Waals surface area contributed by atoms with Crippen LogP contribution >= 0.6 is 11.8 Å². The zero-order valence-electron chi connectivity index (χ0n) is 10.7. The van der Waals surface area contributed by atoms with Gasteiger partial charge in [0.25, 0.3) is 0 Å². The molecule has 4 nitrogen and oxygen atoms in total. The second-order valence-corrected chi connectivity index (χ2v) is 5.60. The summed E-state index contributed by atoms with van der Waals surface area (Å²) >= 11 is 1.83. The van der Waals surface area contributed by atoms with Gasteiger partial charge in [-0.05, 0) is 32.4 Å². The Bertz CT molecular complexity index is 272. The molecule has 0 spiro atoms. The van der Waals surface area contributed by atoms with E-state index in [9.17, 15) is 0 Å². The molecule has 0 aliphatic carbocycles. The van der Waals surface area contributed by atoms with Crippen molar-refractivity contribution in [2.24, 2.45) is 4.99 Å². The lowest BCUT2D eigenvalue weighted by atomic mass is 9.96. The topological polar surface area (TPSA) is 45.7 Å². The first-order valence-electron chi connectivity index (χ1n) is 6.52. The summed E-state index contributed by atoms with van der Waals surface area (Å²) in [5, 5.41) is 6.81. The van der Waals surface area contributed by atoms with Crippen LogP contribution in [0.4, 0.5) is 0 Å². The third-order valence-electron chi connectivity index (χ3n) is 3.34. The first kappa shape index (κ1) is 13.0. The van der Waals surface area contributed by atoms with Crippen molar-refractivity contribution >= 4 is 17.7 Å². The summed E-state index contributed by atoms with van der Waals surface area (Å²) < 4.78 is 5.84. The predicted octanol–water partition coefficient (Wildman–Crippen LogP) is 1.22. The number of hydrogen-bond donors (Lipinski definition) is 2.